The van der Waals surface area contributed by atoms with Gasteiger partial charge in [0.05, 0.1) is 35.0 Å². The van der Waals surface area contributed by atoms with Crippen LogP contribution in [0.4, 0.5) is 11.4 Å². The first-order valence-electron chi connectivity index (χ1n) is 7.56. The molecule has 10 nitrogen and oxygen atoms in total. The molecule has 0 radical (unpaired) electrons. The van der Waals surface area contributed by atoms with E-state index in [0.29, 0.717) is 22.8 Å². The highest BCUT2D eigenvalue weighted by molar-refractivity contribution is 7.99. The Labute approximate surface area is 158 Å². The average Bonchev–Trinajstić information content (AvgIpc) is 2.63. The Balaban J connectivity index is 2.61. The highest BCUT2D eigenvalue weighted by atomic mass is 32.2. The maximum atomic E-state index is 11.4. The minimum absolute atomic E-state index is 0.144. The average molecular weight is 395 g/mol. The van der Waals surface area contributed by atoms with Crippen LogP contribution in [0.3, 0.4) is 0 Å². The molecule has 2 aromatic carbocycles. The number of phenols is 1. The molecular formula is C16H17N3O7S. The van der Waals surface area contributed by atoms with Gasteiger partial charge in [0.25, 0.3) is 11.4 Å². The molecule has 144 valence electrons. The number of methoxy groups -OCH3 is 2. The van der Waals surface area contributed by atoms with Gasteiger partial charge in [-0.1, -0.05) is 11.8 Å². The van der Waals surface area contributed by atoms with Gasteiger partial charge >= 0.3 is 0 Å². The van der Waals surface area contributed by atoms with E-state index in [9.17, 15) is 25.3 Å². The van der Waals surface area contributed by atoms with Gasteiger partial charge in [-0.15, -0.1) is 0 Å². The predicted octanol–water partition coefficient (Wildman–Crippen LogP) is 3.10. The minimum atomic E-state index is -0.698. The van der Waals surface area contributed by atoms with E-state index in [-0.39, 0.29) is 22.1 Å². The summed E-state index contributed by atoms with van der Waals surface area (Å²) in [6.45, 7) is 0.336. The maximum Gasteiger partial charge on any atom is 0.290 e. The lowest BCUT2D eigenvalue weighted by Gasteiger charge is -2.17. The van der Waals surface area contributed by atoms with Gasteiger partial charge in [0.2, 0.25) is 5.75 Å². The van der Waals surface area contributed by atoms with Crippen molar-refractivity contribution in [2.75, 3.05) is 21.3 Å². The highest BCUT2D eigenvalue weighted by Crippen LogP contribution is 2.47. The van der Waals surface area contributed by atoms with Gasteiger partial charge in [0, 0.05) is 23.1 Å². The second-order valence-corrected chi connectivity index (χ2v) is 6.32. The number of hydrogen-bond acceptors (Lipinski definition) is 9. The largest absolute Gasteiger partial charge is 0.504 e. The van der Waals surface area contributed by atoms with Crippen molar-refractivity contribution in [2.45, 2.75) is 16.3 Å². The van der Waals surface area contributed by atoms with Crippen LogP contribution in [0.5, 0.6) is 17.2 Å². The van der Waals surface area contributed by atoms with Crippen molar-refractivity contribution in [3.8, 4) is 17.2 Å². The summed E-state index contributed by atoms with van der Waals surface area (Å²) < 4.78 is 10.5. The molecule has 0 aromatic heterocycles. The number of phenolic OH excluding ortho intramolecular Hbond substituents is 1. The Kier molecular flexibility index (Phi) is 6.42. The number of hydrogen-bond donors (Lipinski definition) is 2. The quantitative estimate of drug-likeness (QED) is 0.510. The molecular weight excluding hydrogens is 378 g/mol. The normalized spacial score (nSPS) is 10.5. The van der Waals surface area contributed by atoms with Gasteiger partial charge in [-0.05, 0) is 19.2 Å². The topological polar surface area (TPSA) is 137 Å². The first-order chi connectivity index (χ1) is 12.8. The number of nitro groups is 2. The van der Waals surface area contributed by atoms with Gasteiger partial charge in [-0.3, -0.25) is 20.2 Å². The van der Waals surface area contributed by atoms with E-state index in [2.05, 4.69) is 5.32 Å². The molecule has 2 rings (SSSR count). The summed E-state index contributed by atoms with van der Waals surface area (Å²) in [4.78, 5) is 21.5. The number of benzene rings is 2. The molecule has 0 aliphatic rings. The third-order valence-electron chi connectivity index (χ3n) is 3.61. The second-order valence-electron chi connectivity index (χ2n) is 5.24. The first kappa shape index (κ1) is 20.3. The van der Waals surface area contributed by atoms with Crippen molar-refractivity contribution in [1.29, 1.82) is 0 Å². The first-order valence-corrected chi connectivity index (χ1v) is 8.37. The standard InChI is InChI=1S/C16H17N3O7S/c1-17-8-10-14(7-12(20)16(26-3)15(10)25-2)27-13-5-4-9(18(21)22)6-11(13)19(23)24/h4-7,17,20H,8H2,1-3H3. The molecule has 0 unspecified atom stereocenters. The summed E-state index contributed by atoms with van der Waals surface area (Å²) in [7, 11) is 4.51. The summed E-state index contributed by atoms with van der Waals surface area (Å²) >= 11 is 0.993. The van der Waals surface area contributed by atoms with Crippen LogP contribution < -0.4 is 14.8 Å². The molecule has 0 spiro atoms. The van der Waals surface area contributed by atoms with E-state index in [1.165, 1.54) is 32.4 Å². The lowest BCUT2D eigenvalue weighted by atomic mass is 10.1. The fourth-order valence-corrected chi connectivity index (χ4v) is 3.53. The number of nitrogens with zero attached hydrogens (tertiary/aromatic N) is 2. The summed E-state index contributed by atoms with van der Waals surface area (Å²) in [6.07, 6.45) is 0. The highest BCUT2D eigenvalue weighted by Gasteiger charge is 2.24. The molecule has 0 aliphatic carbocycles. The molecule has 27 heavy (non-hydrogen) atoms. The van der Waals surface area contributed by atoms with Crippen LogP contribution in [0, 0.1) is 20.2 Å². The molecule has 0 atom stereocenters. The number of ether oxygens (including phenoxy) is 2. The smallest absolute Gasteiger partial charge is 0.290 e. The number of rotatable bonds is 8. The van der Waals surface area contributed by atoms with Crippen molar-refractivity contribution in [3.63, 3.8) is 0 Å². The summed E-state index contributed by atoms with van der Waals surface area (Å²) in [5.74, 6) is 0.241. The lowest BCUT2D eigenvalue weighted by molar-refractivity contribution is -0.396. The van der Waals surface area contributed by atoms with E-state index < -0.39 is 15.5 Å². The molecule has 0 heterocycles. The predicted molar refractivity (Wildman–Crippen MR) is 97.8 cm³/mol. The maximum absolute atomic E-state index is 11.4. The van der Waals surface area contributed by atoms with Crippen LogP contribution in [-0.2, 0) is 6.54 Å². The van der Waals surface area contributed by atoms with Crippen LogP contribution >= 0.6 is 11.8 Å². The van der Waals surface area contributed by atoms with Crippen LogP contribution in [0.1, 0.15) is 5.56 Å². The van der Waals surface area contributed by atoms with Crippen LogP contribution in [-0.4, -0.2) is 36.2 Å². The van der Waals surface area contributed by atoms with Gasteiger partial charge < -0.3 is 19.9 Å². The molecule has 0 saturated carbocycles. The molecule has 2 aromatic rings. The van der Waals surface area contributed by atoms with Gasteiger partial charge in [0.1, 0.15) is 0 Å². The van der Waals surface area contributed by atoms with Crippen LogP contribution in [0.25, 0.3) is 0 Å². The molecule has 0 fully saturated rings. The Hall–Kier alpha value is -3.05. The van der Waals surface area contributed by atoms with Crippen molar-refractivity contribution in [1.82, 2.24) is 5.32 Å². The zero-order chi connectivity index (χ0) is 20.1. The Morgan fingerprint density at radius 3 is 2.26 bits per heavy atom. The Morgan fingerprint density at radius 2 is 1.74 bits per heavy atom. The third-order valence-corrected chi connectivity index (χ3v) is 4.76. The molecule has 0 aliphatic heterocycles. The number of nitrogens with one attached hydrogen (secondary N) is 1. The fraction of sp³-hybridized carbons (Fsp3) is 0.250. The van der Waals surface area contributed by atoms with Crippen molar-refractivity contribution in [2.24, 2.45) is 0 Å². The number of non-ortho nitro benzene ring substituents is 1. The summed E-state index contributed by atoms with van der Waals surface area (Å²) in [6, 6.07) is 4.80. The van der Waals surface area contributed by atoms with Gasteiger partial charge in [-0.2, -0.15) is 0 Å². The van der Waals surface area contributed by atoms with Crippen molar-refractivity contribution < 1.29 is 24.4 Å². The molecule has 11 heteroatoms. The van der Waals surface area contributed by atoms with Crippen LogP contribution in [0.2, 0.25) is 0 Å². The fourth-order valence-electron chi connectivity index (χ4n) is 2.46. The van der Waals surface area contributed by atoms with E-state index >= 15 is 0 Å². The monoisotopic (exact) mass is 395 g/mol. The van der Waals surface area contributed by atoms with Crippen LogP contribution in [0.15, 0.2) is 34.1 Å². The molecule has 0 amide bonds. The second kappa shape index (κ2) is 8.56. The summed E-state index contributed by atoms with van der Waals surface area (Å²) in [5, 5.41) is 35.4. The van der Waals surface area contributed by atoms with Crippen molar-refractivity contribution >= 4 is 23.1 Å². The molecule has 0 bridgehead atoms. The third kappa shape index (κ3) is 4.20. The zero-order valence-corrected chi connectivity index (χ0v) is 15.5. The lowest BCUT2D eigenvalue weighted by Crippen LogP contribution is -2.09. The SMILES string of the molecule is CNCc1c(Sc2ccc([N+](=O)[O-])cc2[N+](=O)[O-])cc(O)c(OC)c1OC. The molecule has 2 N–H and O–H groups in total. The Morgan fingerprint density at radius 1 is 1.07 bits per heavy atom. The number of aromatic hydroxyl groups is 1. The van der Waals surface area contributed by atoms with E-state index in [1.54, 1.807) is 7.05 Å². The molecule has 0 saturated heterocycles. The van der Waals surface area contributed by atoms with Gasteiger partial charge in [-0.25, -0.2) is 0 Å². The Bertz CT molecular complexity index is 889. The summed E-state index contributed by atoms with van der Waals surface area (Å²) in [5.41, 5.74) is -0.164. The number of nitro benzene ring substituents is 2. The minimum Gasteiger partial charge on any atom is -0.504 e. The zero-order valence-electron chi connectivity index (χ0n) is 14.7. The van der Waals surface area contributed by atoms with Crippen molar-refractivity contribution in [3.05, 3.63) is 50.1 Å². The van der Waals surface area contributed by atoms with E-state index in [4.69, 9.17) is 9.47 Å². The van der Waals surface area contributed by atoms with Gasteiger partial charge in [0.15, 0.2) is 11.5 Å². The van der Waals surface area contributed by atoms with E-state index in [0.717, 1.165) is 17.8 Å². The van der Waals surface area contributed by atoms with E-state index in [1.807, 2.05) is 0 Å².